The first-order chi connectivity index (χ1) is 18.4. The number of carbonyl (C=O) groups excluding carboxylic acids is 2. The Hall–Kier alpha value is -3.06. The van der Waals surface area contributed by atoms with Crippen LogP contribution in [0.1, 0.15) is 44.2 Å². The highest BCUT2D eigenvalue weighted by Crippen LogP contribution is 2.29. The van der Waals surface area contributed by atoms with Crippen LogP contribution in [0.3, 0.4) is 0 Å². The number of rotatable bonds is 5. The fraction of sp³-hybridized carbons (Fsp3) is 0.556. The number of nitrogens with two attached hydrogens (primary N) is 2. The highest BCUT2D eigenvalue weighted by molar-refractivity contribution is 6.15. The number of anilines is 1. The molecule has 3 unspecified atom stereocenters. The number of urea groups is 1. The molecule has 11 nitrogen and oxygen atoms in total. The van der Waals surface area contributed by atoms with Crippen LogP contribution in [0.4, 0.5) is 10.6 Å². The van der Waals surface area contributed by atoms with Gasteiger partial charge in [0.15, 0.2) is 0 Å². The first kappa shape index (κ1) is 27.5. The molecular formula is C27H37N8O3Si. The molecule has 2 aliphatic carbocycles. The number of amides is 3. The van der Waals surface area contributed by atoms with Gasteiger partial charge in [0.1, 0.15) is 5.82 Å². The van der Waals surface area contributed by atoms with Gasteiger partial charge in [0.05, 0.1) is 21.5 Å². The number of aromatic nitrogens is 2. The zero-order chi connectivity index (χ0) is 27.9. The molecule has 2 fully saturated rings. The molecule has 0 bridgehead atoms. The second-order valence-corrected chi connectivity index (χ2v) is 12.7. The predicted molar refractivity (Wildman–Crippen MR) is 150 cm³/mol. The lowest BCUT2D eigenvalue weighted by Gasteiger charge is -2.37. The standard InChI is InChI=1S/C27H37N8O3Si/c1-26(2,28)23(36)33-9-11-34(12-10-33)24(37)31-22-6-8-35(25(38)32-22)21-4-3-17-13-20(14-18(17)15-21)30-19-5-7-27(29,39)16-19/h3-4,6,8,15,19-20,30H,5,7,9-14,16,28-29H2,1-2H3,(H,31,32,37,38). The summed E-state index contributed by atoms with van der Waals surface area (Å²) in [5.41, 5.74) is 14.0. The molecule has 3 amide bonds. The highest BCUT2D eigenvalue weighted by Gasteiger charge is 2.34. The first-order valence-electron chi connectivity index (χ1n) is 13.5. The van der Waals surface area contributed by atoms with Gasteiger partial charge in [-0.2, -0.15) is 4.98 Å². The number of carbonyl (C=O) groups is 2. The van der Waals surface area contributed by atoms with Gasteiger partial charge in [-0.25, -0.2) is 9.59 Å². The quantitative estimate of drug-likeness (QED) is 0.386. The van der Waals surface area contributed by atoms with E-state index in [4.69, 9.17) is 11.5 Å². The van der Waals surface area contributed by atoms with Crippen LogP contribution in [0.5, 0.6) is 0 Å². The van der Waals surface area contributed by atoms with Crippen molar-refractivity contribution in [3.05, 3.63) is 52.1 Å². The summed E-state index contributed by atoms with van der Waals surface area (Å²) >= 11 is 0. The molecule has 0 spiro atoms. The minimum Gasteiger partial charge on any atom is -0.338 e. The van der Waals surface area contributed by atoms with Gasteiger partial charge in [-0.1, -0.05) is 6.07 Å². The van der Waals surface area contributed by atoms with Crippen LogP contribution in [0.2, 0.25) is 0 Å². The van der Waals surface area contributed by atoms with E-state index < -0.39 is 11.2 Å². The molecule has 3 radical (unpaired) electrons. The van der Waals surface area contributed by atoms with Crippen LogP contribution in [-0.4, -0.2) is 90.5 Å². The first-order valence-corrected chi connectivity index (χ1v) is 14.0. The SMILES string of the molecule is CC(C)(N)C(=O)N1CCN(C(=O)Nc2ccn(-c3ccc4c(c3)CC(NC3CCC(N)([Si])C3)C4)c(=O)n2)CC1. The molecule has 1 saturated heterocycles. The third kappa shape index (κ3) is 6.24. The average Bonchev–Trinajstić information content (AvgIpc) is 3.44. The third-order valence-corrected chi connectivity index (χ3v) is 8.32. The van der Waals surface area contributed by atoms with Gasteiger partial charge in [-0.15, -0.1) is 0 Å². The fourth-order valence-corrected chi connectivity index (χ4v) is 6.19. The fourth-order valence-electron chi connectivity index (χ4n) is 5.80. The Labute approximate surface area is 231 Å². The number of fused-ring (bicyclic) bond motifs is 1. The summed E-state index contributed by atoms with van der Waals surface area (Å²) in [6.07, 6.45) is 6.42. The topological polar surface area (TPSA) is 152 Å². The van der Waals surface area contributed by atoms with Gasteiger partial charge < -0.3 is 26.6 Å². The molecule has 1 aromatic heterocycles. The molecular weight excluding hydrogens is 512 g/mol. The van der Waals surface area contributed by atoms with Gasteiger partial charge in [0, 0.05) is 49.6 Å². The Morgan fingerprint density at radius 2 is 1.77 bits per heavy atom. The normalized spacial score (nSPS) is 25.1. The number of nitrogens with one attached hydrogen (secondary N) is 2. The van der Waals surface area contributed by atoms with Gasteiger partial charge in [-0.3, -0.25) is 14.7 Å². The van der Waals surface area contributed by atoms with Crippen molar-refractivity contribution in [1.29, 1.82) is 0 Å². The molecule has 39 heavy (non-hydrogen) atoms. The van der Waals surface area contributed by atoms with Crippen LogP contribution in [0, 0.1) is 0 Å². The molecule has 12 heteroatoms. The lowest BCUT2D eigenvalue weighted by atomic mass is 10.1. The molecule has 2 aromatic rings. The van der Waals surface area contributed by atoms with Crippen molar-refractivity contribution in [3.8, 4) is 5.69 Å². The van der Waals surface area contributed by atoms with Crippen molar-refractivity contribution >= 4 is 28.0 Å². The maximum atomic E-state index is 12.9. The van der Waals surface area contributed by atoms with Crippen molar-refractivity contribution in [2.75, 3.05) is 31.5 Å². The summed E-state index contributed by atoms with van der Waals surface area (Å²) in [6, 6.07) is 8.09. The summed E-state index contributed by atoms with van der Waals surface area (Å²) in [6.45, 7) is 4.90. The molecule has 2 heterocycles. The van der Waals surface area contributed by atoms with Crippen LogP contribution in [0.15, 0.2) is 35.3 Å². The Bertz CT molecular complexity index is 1310. The second kappa shape index (κ2) is 10.5. The minimum absolute atomic E-state index is 0.141. The van der Waals surface area contributed by atoms with E-state index in [0.29, 0.717) is 38.3 Å². The third-order valence-electron chi connectivity index (χ3n) is 7.87. The van der Waals surface area contributed by atoms with E-state index in [1.165, 1.54) is 15.7 Å². The Morgan fingerprint density at radius 1 is 1.08 bits per heavy atom. The summed E-state index contributed by atoms with van der Waals surface area (Å²) in [5, 5.41) is 6.19. The van der Waals surface area contributed by atoms with Crippen LogP contribution < -0.4 is 27.8 Å². The molecule has 3 atom stereocenters. The minimum atomic E-state index is -0.948. The van der Waals surface area contributed by atoms with Crippen molar-refractivity contribution < 1.29 is 9.59 Å². The van der Waals surface area contributed by atoms with E-state index in [2.05, 4.69) is 31.9 Å². The molecule has 1 aliphatic heterocycles. The molecule has 1 aromatic carbocycles. The van der Waals surface area contributed by atoms with E-state index in [9.17, 15) is 14.4 Å². The summed E-state index contributed by atoms with van der Waals surface area (Å²) < 4.78 is 1.49. The molecule has 3 aliphatic rings. The molecule has 207 valence electrons. The Morgan fingerprint density at radius 3 is 2.41 bits per heavy atom. The van der Waals surface area contributed by atoms with Gasteiger partial charge in [0.25, 0.3) is 0 Å². The number of piperazine rings is 1. The summed E-state index contributed by atoms with van der Waals surface area (Å²) in [5.74, 6) is 0.0460. The Balaban J connectivity index is 1.18. The number of hydrogen-bond donors (Lipinski definition) is 4. The lowest BCUT2D eigenvalue weighted by Crippen LogP contribution is -2.58. The predicted octanol–water partition coefficient (Wildman–Crippen LogP) is 0.0787. The van der Waals surface area contributed by atoms with E-state index in [0.717, 1.165) is 37.8 Å². The molecule has 5 rings (SSSR count). The molecule has 6 N–H and O–H groups in total. The van der Waals surface area contributed by atoms with E-state index in [1.54, 1.807) is 35.9 Å². The van der Waals surface area contributed by atoms with Gasteiger partial charge in [-0.05, 0) is 75.3 Å². The number of benzene rings is 1. The van der Waals surface area contributed by atoms with Gasteiger partial charge >= 0.3 is 11.7 Å². The average molecular weight is 550 g/mol. The maximum absolute atomic E-state index is 12.9. The van der Waals surface area contributed by atoms with E-state index in [1.807, 2.05) is 12.1 Å². The highest BCUT2D eigenvalue weighted by atomic mass is 28.1. The Kier molecular flexibility index (Phi) is 7.40. The lowest BCUT2D eigenvalue weighted by molar-refractivity contribution is -0.137. The summed E-state index contributed by atoms with van der Waals surface area (Å²) in [4.78, 5) is 45.3. The van der Waals surface area contributed by atoms with Crippen LogP contribution in [-0.2, 0) is 17.6 Å². The summed E-state index contributed by atoms with van der Waals surface area (Å²) in [7, 11) is 3.67. The van der Waals surface area contributed by atoms with Crippen molar-refractivity contribution in [1.82, 2.24) is 24.7 Å². The zero-order valence-corrected chi connectivity index (χ0v) is 23.6. The van der Waals surface area contributed by atoms with E-state index >= 15 is 0 Å². The maximum Gasteiger partial charge on any atom is 0.354 e. The van der Waals surface area contributed by atoms with Gasteiger partial charge in [0.2, 0.25) is 5.91 Å². The van der Waals surface area contributed by atoms with Crippen molar-refractivity contribution in [2.24, 2.45) is 11.5 Å². The molecule has 1 saturated carbocycles. The van der Waals surface area contributed by atoms with Crippen LogP contribution >= 0.6 is 0 Å². The largest absolute Gasteiger partial charge is 0.354 e. The van der Waals surface area contributed by atoms with Crippen molar-refractivity contribution in [2.45, 2.75) is 68.7 Å². The van der Waals surface area contributed by atoms with E-state index in [-0.39, 0.29) is 22.9 Å². The zero-order valence-electron chi connectivity index (χ0n) is 22.6. The van der Waals surface area contributed by atoms with Crippen LogP contribution in [0.25, 0.3) is 5.69 Å². The number of nitrogens with zero attached hydrogens (tertiary/aromatic N) is 4. The number of hydrogen-bond acceptors (Lipinski definition) is 7. The smallest absolute Gasteiger partial charge is 0.338 e. The monoisotopic (exact) mass is 549 g/mol. The second-order valence-electron chi connectivity index (χ2n) is 11.7. The van der Waals surface area contributed by atoms with Crippen molar-refractivity contribution in [3.63, 3.8) is 0 Å².